The van der Waals surface area contributed by atoms with Crippen LogP contribution in [0.5, 0.6) is 0 Å². The van der Waals surface area contributed by atoms with Gasteiger partial charge in [-0.05, 0) is 12.1 Å². The first-order chi connectivity index (χ1) is 7.80. The molecule has 0 saturated carbocycles. The predicted molar refractivity (Wildman–Crippen MR) is 59.4 cm³/mol. The lowest BCUT2D eigenvalue weighted by molar-refractivity contribution is 0.474. The number of nitrogens with zero attached hydrogens (tertiary/aromatic N) is 1. The molecule has 0 unspecified atom stereocenters. The fourth-order valence-electron chi connectivity index (χ4n) is 1.20. The molecule has 0 saturated heterocycles. The van der Waals surface area contributed by atoms with E-state index >= 15 is 0 Å². The zero-order chi connectivity index (χ0) is 13.2. The van der Waals surface area contributed by atoms with Gasteiger partial charge in [-0.3, -0.25) is 0 Å². The second-order valence-electron chi connectivity index (χ2n) is 3.28. The molecule has 0 bridgehead atoms. The fourth-order valence-corrected chi connectivity index (χ4v) is 2.36. The Morgan fingerprint density at radius 2 is 1.88 bits per heavy atom. The number of nitrogens with two attached hydrogens (primary N) is 1. The molecule has 1 aromatic rings. The molecule has 0 aliphatic carbocycles. The van der Waals surface area contributed by atoms with Gasteiger partial charge in [-0.25, -0.2) is 17.2 Å². The fraction of sp³-hybridized carbons (Fsp3) is 0.200. The Morgan fingerprint density at radius 3 is 2.29 bits per heavy atom. The lowest BCUT2D eigenvalue weighted by Gasteiger charge is -2.15. The molecule has 2 N–H and O–H groups in total. The maximum Gasteiger partial charge on any atom is 0.249 e. The molecule has 92 valence electrons. The summed E-state index contributed by atoms with van der Waals surface area (Å²) in [4.78, 5) is -1.05. The summed E-state index contributed by atoms with van der Waals surface area (Å²) in [7, 11) is -3.16. The standard InChI is InChI=1S/C10H10F2N2O2S/c1-3-4-14(2)17(15,16)10-8(11)5-7(13)6-9(10)12/h1,5-6H,4,13H2,2H3. The first-order valence-electron chi connectivity index (χ1n) is 4.45. The Bertz CT molecular complexity index is 555. The lowest BCUT2D eigenvalue weighted by Crippen LogP contribution is -2.29. The number of halogens is 2. The van der Waals surface area contributed by atoms with E-state index < -0.39 is 26.6 Å². The Kier molecular flexibility index (Phi) is 3.70. The van der Waals surface area contributed by atoms with Crippen LogP contribution in [0.2, 0.25) is 0 Å². The van der Waals surface area contributed by atoms with E-state index in [4.69, 9.17) is 12.2 Å². The number of nitrogen functional groups attached to an aromatic ring is 1. The Morgan fingerprint density at radius 1 is 1.41 bits per heavy atom. The van der Waals surface area contributed by atoms with Gasteiger partial charge in [0.25, 0.3) is 0 Å². The summed E-state index contributed by atoms with van der Waals surface area (Å²) in [5.74, 6) is -0.417. The maximum atomic E-state index is 13.4. The van der Waals surface area contributed by atoms with Crippen LogP contribution in [0.15, 0.2) is 17.0 Å². The third kappa shape index (κ3) is 2.54. The number of anilines is 1. The van der Waals surface area contributed by atoms with Crippen LogP contribution in [0.25, 0.3) is 0 Å². The predicted octanol–water partition coefficient (Wildman–Crippen LogP) is 0.801. The molecule has 0 aliphatic heterocycles. The van der Waals surface area contributed by atoms with E-state index in [0.29, 0.717) is 4.31 Å². The third-order valence-electron chi connectivity index (χ3n) is 2.00. The van der Waals surface area contributed by atoms with Crippen molar-refractivity contribution in [2.75, 3.05) is 19.3 Å². The van der Waals surface area contributed by atoms with Crippen LogP contribution in [0, 0.1) is 24.0 Å². The van der Waals surface area contributed by atoms with E-state index in [1.807, 2.05) is 0 Å². The van der Waals surface area contributed by atoms with Crippen LogP contribution in [-0.2, 0) is 10.0 Å². The van der Waals surface area contributed by atoms with E-state index in [-0.39, 0.29) is 12.2 Å². The van der Waals surface area contributed by atoms with E-state index in [1.165, 1.54) is 0 Å². The van der Waals surface area contributed by atoms with Crippen molar-refractivity contribution in [3.63, 3.8) is 0 Å². The summed E-state index contributed by atoms with van der Waals surface area (Å²) in [5.41, 5.74) is 4.99. The number of rotatable bonds is 3. The lowest BCUT2D eigenvalue weighted by atomic mass is 10.3. The quantitative estimate of drug-likeness (QED) is 0.646. The number of hydrogen-bond acceptors (Lipinski definition) is 3. The summed E-state index contributed by atoms with van der Waals surface area (Å²) in [6.45, 7) is -0.286. The highest BCUT2D eigenvalue weighted by Crippen LogP contribution is 2.24. The summed E-state index contributed by atoms with van der Waals surface area (Å²) < 4.78 is 51.1. The Balaban J connectivity index is 3.40. The van der Waals surface area contributed by atoms with Gasteiger partial charge in [-0.2, -0.15) is 4.31 Å². The molecule has 4 nitrogen and oxygen atoms in total. The number of terminal acetylenes is 1. The second kappa shape index (κ2) is 4.69. The summed E-state index contributed by atoms with van der Waals surface area (Å²) >= 11 is 0. The van der Waals surface area contributed by atoms with E-state index in [9.17, 15) is 17.2 Å². The minimum Gasteiger partial charge on any atom is -0.399 e. The molecule has 0 aromatic heterocycles. The van der Waals surface area contributed by atoms with Crippen LogP contribution in [0.4, 0.5) is 14.5 Å². The minimum absolute atomic E-state index is 0.196. The summed E-state index contributed by atoms with van der Waals surface area (Å²) in [5, 5.41) is 0. The molecule has 0 aliphatic rings. The molecule has 0 fully saturated rings. The monoisotopic (exact) mass is 260 g/mol. The van der Waals surface area contributed by atoms with Gasteiger partial charge in [-0.1, -0.05) is 5.92 Å². The largest absolute Gasteiger partial charge is 0.399 e. The average Bonchev–Trinajstić information content (AvgIpc) is 2.15. The van der Waals surface area contributed by atoms with E-state index in [1.54, 1.807) is 0 Å². The second-order valence-corrected chi connectivity index (χ2v) is 5.26. The van der Waals surface area contributed by atoms with Gasteiger partial charge >= 0.3 is 0 Å². The van der Waals surface area contributed by atoms with Gasteiger partial charge in [0, 0.05) is 12.7 Å². The number of benzene rings is 1. The molecule has 7 heteroatoms. The first kappa shape index (κ1) is 13.4. The number of sulfonamides is 1. The highest BCUT2D eigenvalue weighted by atomic mass is 32.2. The van der Waals surface area contributed by atoms with Crippen molar-refractivity contribution in [3.8, 4) is 12.3 Å². The van der Waals surface area contributed by atoms with Crippen molar-refractivity contribution in [2.24, 2.45) is 0 Å². The van der Waals surface area contributed by atoms with Crippen molar-refractivity contribution < 1.29 is 17.2 Å². The molecule has 1 rings (SSSR count). The van der Waals surface area contributed by atoms with Gasteiger partial charge in [0.2, 0.25) is 10.0 Å². The summed E-state index contributed by atoms with van der Waals surface area (Å²) in [6, 6.07) is 1.47. The van der Waals surface area contributed by atoms with Gasteiger partial charge < -0.3 is 5.73 Å². The van der Waals surface area contributed by atoms with Crippen LogP contribution < -0.4 is 5.73 Å². The van der Waals surface area contributed by atoms with Crippen molar-refractivity contribution in [1.82, 2.24) is 4.31 Å². The topological polar surface area (TPSA) is 63.4 Å². The first-order valence-corrected chi connectivity index (χ1v) is 5.89. The SMILES string of the molecule is C#CCN(C)S(=O)(=O)c1c(F)cc(N)cc1F. The van der Waals surface area contributed by atoms with Gasteiger partial charge in [0.15, 0.2) is 4.90 Å². The van der Waals surface area contributed by atoms with Crippen molar-refractivity contribution in [3.05, 3.63) is 23.8 Å². The Labute approximate surface area is 98.1 Å². The van der Waals surface area contributed by atoms with Crippen LogP contribution >= 0.6 is 0 Å². The van der Waals surface area contributed by atoms with Gasteiger partial charge in [0.1, 0.15) is 11.6 Å². The van der Waals surface area contributed by atoms with Crippen LogP contribution in [0.1, 0.15) is 0 Å². The highest BCUT2D eigenvalue weighted by molar-refractivity contribution is 7.89. The maximum absolute atomic E-state index is 13.4. The normalized spacial score (nSPS) is 11.5. The minimum atomic E-state index is -4.29. The smallest absolute Gasteiger partial charge is 0.249 e. The molecule has 1 aromatic carbocycles. The van der Waals surface area contributed by atoms with Crippen molar-refractivity contribution >= 4 is 15.7 Å². The van der Waals surface area contributed by atoms with Crippen LogP contribution in [-0.4, -0.2) is 26.3 Å². The Hall–Kier alpha value is -1.65. The van der Waals surface area contributed by atoms with Gasteiger partial charge in [-0.15, -0.1) is 6.42 Å². The third-order valence-corrected chi connectivity index (χ3v) is 3.86. The average molecular weight is 260 g/mol. The molecule has 0 amide bonds. The molecule has 0 spiro atoms. The molecule has 0 heterocycles. The van der Waals surface area contributed by atoms with Crippen molar-refractivity contribution in [1.29, 1.82) is 0 Å². The number of hydrogen-bond donors (Lipinski definition) is 1. The van der Waals surface area contributed by atoms with Crippen molar-refractivity contribution in [2.45, 2.75) is 4.90 Å². The van der Waals surface area contributed by atoms with Crippen LogP contribution in [0.3, 0.4) is 0 Å². The molecule has 0 radical (unpaired) electrons. The van der Waals surface area contributed by atoms with Gasteiger partial charge in [0.05, 0.1) is 6.54 Å². The molecular weight excluding hydrogens is 250 g/mol. The molecule has 0 atom stereocenters. The van der Waals surface area contributed by atoms with E-state index in [0.717, 1.165) is 19.2 Å². The van der Waals surface area contributed by atoms with E-state index in [2.05, 4.69) is 5.92 Å². The zero-order valence-electron chi connectivity index (χ0n) is 8.94. The zero-order valence-corrected chi connectivity index (χ0v) is 9.76. The molecule has 17 heavy (non-hydrogen) atoms. The molecular formula is C10H10F2N2O2S. The highest BCUT2D eigenvalue weighted by Gasteiger charge is 2.28. The summed E-state index contributed by atoms with van der Waals surface area (Å²) in [6.07, 6.45) is 4.94.